The lowest BCUT2D eigenvalue weighted by atomic mass is 10.0. The fourth-order valence-electron chi connectivity index (χ4n) is 3.51. The number of hydrogen-bond donors (Lipinski definition) is 0. The molecule has 4 nitrogen and oxygen atoms in total. The largest absolute Gasteiger partial charge is 0.309 e. The number of para-hydroxylation sites is 1. The molecule has 0 atom stereocenters. The van der Waals surface area contributed by atoms with E-state index >= 15 is 0 Å². The van der Waals surface area contributed by atoms with Gasteiger partial charge in [0.15, 0.2) is 0 Å². The maximum absolute atomic E-state index is 6.39. The Morgan fingerprint density at radius 1 is 1.03 bits per heavy atom. The lowest BCUT2D eigenvalue weighted by Crippen LogP contribution is -2.13. The SMILES string of the molecule is CN(C)CCC/N=C\c1ccc(-c2cc(Cl)nc3c2ccn3-c2ccccc2)cc1. The van der Waals surface area contributed by atoms with Crippen molar-refractivity contribution in [3.8, 4) is 16.8 Å². The average molecular weight is 417 g/mol. The van der Waals surface area contributed by atoms with Crippen LogP contribution in [0.15, 0.2) is 77.9 Å². The number of rotatable bonds is 7. The fourth-order valence-corrected chi connectivity index (χ4v) is 3.70. The number of aromatic nitrogens is 2. The van der Waals surface area contributed by atoms with Crippen molar-refractivity contribution in [3.05, 3.63) is 83.6 Å². The molecule has 0 aliphatic heterocycles. The van der Waals surface area contributed by atoms with Gasteiger partial charge in [0.1, 0.15) is 10.8 Å². The van der Waals surface area contributed by atoms with Crippen molar-refractivity contribution in [2.75, 3.05) is 27.2 Å². The monoisotopic (exact) mass is 416 g/mol. The van der Waals surface area contributed by atoms with Gasteiger partial charge in [-0.15, -0.1) is 0 Å². The van der Waals surface area contributed by atoms with Gasteiger partial charge in [-0.05, 0) is 68.0 Å². The zero-order chi connectivity index (χ0) is 20.9. The minimum atomic E-state index is 0.486. The van der Waals surface area contributed by atoms with Crippen LogP contribution in [0.3, 0.4) is 0 Å². The summed E-state index contributed by atoms with van der Waals surface area (Å²) in [5.74, 6) is 0. The van der Waals surface area contributed by atoms with E-state index in [-0.39, 0.29) is 0 Å². The molecule has 0 fully saturated rings. The van der Waals surface area contributed by atoms with Crippen molar-refractivity contribution in [1.29, 1.82) is 0 Å². The van der Waals surface area contributed by atoms with E-state index in [1.54, 1.807) is 0 Å². The summed E-state index contributed by atoms with van der Waals surface area (Å²) in [6.07, 6.45) is 5.05. The van der Waals surface area contributed by atoms with Gasteiger partial charge in [-0.25, -0.2) is 4.98 Å². The predicted molar refractivity (Wildman–Crippen MR) is 127 cm³/mol. The van der Waals surface area contributed by atoms with Gasteiger partial charge >= 0.3 is 0 Å². The maximum Gasteiger partial charge on any atom is 0.146 e. The maximum atomic E-state index is 6.39. The highest BCUT2D eigenvalue weighted by Crippen LogP contribution is 2.32. The van der Waals surface area contributed by atoms with E-state index in [0.717, 1.165) is 52.9 Å². The highest BCUT2D eigenvalue weighted by molar-refractivity contribution is 6.30. The molecule has 0 bridgehead atoms. The van der Waals surface area contributed by atoms with E-state index in [1.165, 1.54) is 0 Å². The van der Waals surface area contributed by atoms with E-state index < -0.39 is 0 Å². The zero-order valence-corrected chi connectivity index (χ0v) is 18.0. The van der Waals surface area contributed by atoms with Crippen LogP contribution >= 0.6 is 11.6 Å². The van der Waals surface area contributed by atoms with Crippen LogP contribution in [0.2, 0.25) is 5.15 Å². The van der Waals surface area contributed by atoms with Crippen molar-refractivity contribution in [2.45, 2.75) is 6.42 Å². The van der Waals surface area contributed by atoms with Gasteiger partial charge in [0.05, 0.1) is 0 Å². The number of halogens is 1. The van der Waals surface area contributed by atoms with Gasteiger partial charge in [0.25, 0.3) is 0 Å². The van der Waals surface area contributed by atoms with Crippen LogP contribution in [-0.2, 0) is 0 Å². The van der Waals surface area contributed by atoms with E-state index in [2.05, 4.69) is 76.0 Å². The molecule has 0 saturated heterocycles. The first-order valence-electron chi connectivity index (χ1n) is 10.1. The Morgan fingerprint density at radius 2 is 1.80 bits per heavy atom. The summed E-state index contributed by atoms with van der Waals surface area (Å²) in [7, 11) is 4.16. The molecule has 0 N–H and O–H groups in total. The molecule has 2 heterocycles. The normalized spacial score (nSPS) is 11.7. The summed E-state index contributed by atoms with van der Waals surface area (Å²) in [4.78, 5) is 11.3. The zero-order valence-electron chi connectivity index (χ0n) is 17.3. The molecule has 0 aliphatic rings. The molecule has 4 rings (SSSR count). The van der Waals surface area contributed by atoms with E-state index in [9.17, 15) is 0 Å². The minimum Gasteiger partial charge on any atom is -0.309 e. The lowest BCUT2D eigenvalue weighted by molar-refractivity contribution is 0.403. The molecule has 0 radical (unpaired) electrons. The van der Waals surface area contributed by atoms with Crippen LogP contribution in [0.1, 0.15) is 12.0 Å². The highest BCUT2D eigenvalue weighted by Gasteiger charge is 2.12. The van der Waals surface area contributed by atoms with Crippen LogP contribution < -0.4 is 0 Å². The molecular weight excluding hydrogens is 392 g/mol. The summed E-state index contributed by atoms with van der Waals surface area (Å²) in [6, 6.07) is 22.6. The second kappa shape index (κ2) is 9.24. The topological polar surface area (TPSA) is 33.4 Å². The Kier molecular flexibility index (Phi) is 6.26. The van der Waals surface area contributed by atoms with Crippen molar-refractivity contribution in [1.82, 2.24) is 14.5 Å². The van der Waals surface area contributed by atoms with Crippen LogP contribution in [0, 0.1) is 0 Å². The van der Waals surface area contributed by atoms with Crippen LogP contribution in [0.4, 0.5) is 0 Å². The first-order chi connectivity index (χ1) is 14.6. The van der Waals surface area contributed by atoms with Gasteiger partial charge in [-0.3, -0.25) is 4.99 Å². The summed E-state index contributed by atoms with van der Waals surface area (Å²) >= 11 is 6.39. The number of hydrogen-bond acceptors (Lipinski definition) is 3. The molecule has 4 aromatic rings. The fraction of sp³-hybridized carbons (Fsp3) is 0.200. The van der Waals surface area contributed by atoms with E-state index in [4.69, 9.17) is 11.6 Å². The van der Waals surface area contributed by atoms with Crippen LogP contribution in [-0.4, -0.2) is 47.9 Å². The standard InChI is InChI=1S/C25H25ClN4/c1-29(2)15-6-14-27-18-19-9-11-20(12-10-19)23-17-24(26)28-25-22(23)13-16-30(25)21-7-4-3-5-8-21/h3-5,7-13,16-18H,6,14-15H2,1-2H3/b27-18-. The first kappa shape index (κ1) is 20.3. The highest BCUT2D eigenvalue weighted by atomic mass is 35.5. The van der Waals surface area contributed by atoms with Crippen molar-refractivity contribution >= 4 is 28.8 Å². The Morgan fingerprint density at radius 3 is 2.53 bits per heavy atom. The summed E-state index contributed by atoms with van der Waals surface area (Å²) in [5.41, 5.74) is 5.21. The Labute approximate surface area is 182 Å². The first-order valence-corrected chi connectivity index (χ1v) is 10.5. The molecule has 0 aliphatic carbocycles. The Hall–Kier alpha value is -2.95. The van der Waals surface area contributed by atoms with Crippen molar-refractivity contribution in [2.24, 2.45) is 4.99 Å². The number of fused-ring (bicyclic) bond motifs is 1. The smallest absolute Gasteiger partial charge is 0.146 e. The van der Waals surface area contributed by atoms with Gasteiger partial charge < -0.3 is 9.47 Å². The summed E-state index contributed by atoms with van der Waals surface area (Å²) < 4.78 is 2.07. The third kappa shape index (κ3) is 4.61. The number of aliphatic imine (C=N–C) groups is 1. The minimum absolute atomic E-state index is 0.486. The number of benzene rings is 2. The molecule has 152 valence electrons. The van der Waals surface area contributed by atoms with Gasteiger partial charge in [0.2, 0.25) is 0 Å². The van der Waals surface area contributed by atoms with E-state index in [0.29, 0.717) is 5.15 Å². The molecule has 2 aromatic carbocycles. The summed E-state index contributed by atoms with van der Waals surface area (Å²) in [5, 5.41) is 1.56. The molecular formula is C25H25ClN4. The van der Waals surface area contributed by atoms with Crippen LogP contribution in [0.5, 0.6) is 0 Å². The molecule has 0 saturated carbocycles. The van der Waals surface area contributed by atoms with Crippen molar-refractivity contribution in [3.63, 3.8) is 0 Å². The Bertz CT molecular complexity index is 1150. The average Bonchev–Trinajstić information content (AvgIpc) is 3.17. The quantitative estimate of drug-likeness (QED) is 0.219. The van der Waals surface area contributed by atoms with Crippen LogP contribution in [0.25, 0.3) is 27.8 Å². The Balaban J connectivity index is 1.60. The number of nitrogens with zero attached hydrogens (tertiary/aromatic N) is 4. The molecule has 0 spiro atoms. The predicted octanol–water partition coefficient (Wildman–Crippen LogP) is 5.72. The van der Waals surface area contributed by atoms with Gasteiger partial charge in [-0.2, -0.15) is 0 Å². The van der Waals surface area contributed by atoms with Gasteiger partial charge in [-0.1, -0.05) is 54.1 Å². The molecule has 2 aromatic heterocycles. The van der Waals surface area contributed by atoms with Crippen molar-refractivity contribution < 1.29 is 0 Å². The second-order valence-corrected chi connectivity index (χ2v) is 7.95. The second-order valence-electron chi connectivity index (χ2n) is 7.57. The third-order valence-electron chi connectivity index (χ3n) is 5.01. The lowest BCUT2D eigenvalue weighted by Gasteiger charge is -2.08. The molecule has 0 unspecified atom stereocenters. The number of pyridine rings is 1. The summed E-state index contributed by atoms with van der Waals surface area (Å²) in [6.45, 7) is 1.89. The molecule has 30 heavy (non-hydrogen) atoms. The van der Waals surface area contributed by atoms with E-state index in [1.807, 2.05) is 36.7 Å². The third-order valence-corrected chi connectivity index (χ3v) is 5.21. The molecule has 5 heteroatoms. The van der Waals surface area contributed by atoms with Gasteiger partial charge in [0, 0.05) is 30.0 Å². The molecule has 0 amide bonds.